The van der Waals surface area contributed by atoms with Crippen molar-refractivity contribution < 1.29 is 14.3 Å². The lowest BCUT2D eigenvalue weighted by molar-refractivity contribution is -0.117. The van der Waals surface area contributed by atoms with Crippen molar-refractivity contribution in [2.45, 2.75) is 30.6 Å². The van der Waals surface area contributed by atoms with Gasteiger partial charge in [-0.2, -0.15) is 0 Å². The number of methoxy groups -OCH3 is 1. The molecule has 0 atom stereocenters. The Morgan fingerprint density at radius 1 is 1.32 bits per heavy atom. The van der Waals surface area contributed by atoms with Gasteiger partial charge in [0.1, 0.15) is 0 Å². The molecule has 3 amide bonds. The molecule has 10 heteroatoms. The maximum Gasteiger partial charge on any atom is 0.321 e. The molecule has 0 unspecified atom stereocenters. The van der Waals surface area contributed by atoms with Gasteiger partial charge in [-0.25, -0.2) is 4.79 Å². The number of hydrogen-bond acceptors (Lipinski definition) is 8. The summed E-state index contributed by atoms with van der Waals surface area (Å²) in [7, 11) is 1.53. The summed E-state index contributed by atoms with van der Waals surface area (Å²) in [4.78, 5) is 23.0. The molecule has 0 aromatic carbocycles. The van der Waals surface area contributed by atoms with Gasteiger partial charge in [0, 0.05) is 19.2 Å². The fourth-order valence-corrected chi connectivity index (χ4v) is 3.00. The lowest BCUT2D eigenvalue weighted by atomic mass is 10.1. The summed E-state index contributed by atoms with van der Waals surface area (Å²) in [5, 5.41) is 16.6. The van der Waals surface area contributed by atoms with Crippen molar-refractivity contribution in [3.63, 3.8) is 0 Å². The molecular weight excluding hydrogens is 326 g/mol. The molecule has 3 N–H and O–H groups in total. The Hall–Kier alpha value is -1.39. The molecule has 0 aliphatic carbocycles. The highest BCUT2D eigenvalue weighted by molar-refractivity contribution is 8.01. The Morgan fingerprint density at radius 3 is 2.68 bits per heavy atom. The predicted octanol–water partition coefficient (Wildman–Crippen LogP) is 1.31. The molecule has 1 rings (SSSR count). The highest BCUT2D eigenvalue weighted by Crippen LogP contribution is 2.26. The summed E-state index contributed by atoms with van der Waals surface area (Å²) in [6.45, 7) is 6.82. The van der Waals surface area contributed by atoms with Crippen LogP contribution in [0.3, 0.4) is 0 Å². The average Bonchev–Trinajstić information content (AvgIpc) is 2.82. The standard InChI is InChI=1S/C12H21N5O3S2/c1-12(2,3)15-10-16-17-11(22-10)21-7-8(18)14-9(19)13-5-6-20-4/h5-7H2,1-4H3,(H,15,16)(H2,13,14,18,19). The summed E-state index contributed by atoms with van der Waals surface area (Å²) in [6.07, 6.45) is 0. The molecule has 0 fully saturated rings. The van der Waals surface area contributed by atoms with Gasteiger partial charge in [-0.05, 0) is 20.8 Å². The van der Waals surface area contributed by atoms with E-state index in [0.29, 0.717) is 22.6 Å². The summed E-state index contributed by atoms with van der Waals surface area (Å²) in [5.41, 5.74) is -0.0981. The molecule has 124 valence electrons. The smallest absolute Gasteiger partial charge is 0.321 e. The maximum absolute atomic E-state index is 11.6. The van der Waals surface area contributed by atoms with Gasteiger partial charge in [-0.15, -0.1) is 10.2 Å². The number of urea groups is 1. The zero-order valence-corrected chi connectivity index (χ0v) is 14.7. The monoisotopic (exact) mass is 347 g/mol. The van der Waals surface area contributed by atoms with E-state index < -0.39 is 6.03 Å². The van der Waals surface area contributed by atoms with Crippen molar-refractivity contribution >= 4 is 40.2 Å². The van der Waals surface area contributed by atoms with Gasteiger partial charge in [-0.1, -0.05) is 23.1 Å². The molecule has 0 bridgehead atoms. The molecule has 1 heterocycles. The summed E-state index contributed by atoms with van der Waals surface area (Å²) in [5.74, 6) is -0.289. The van der Waals surface area contributed by atoms with Crippen LogP contribution in [0.1, 0.15) is 20.8 Å². The third-order valence-electron chi connectivity index (χ3n) is 2.06. The van der Waals surface area contributed by atoms with E-state index in [1.54, 1.807) is 0 Å². The molecule has 0 spiro atoms. The predicted molar refractivity (Wildman–Crippen MR) is 87.4 cm³/mol. The number of rotatable bonds is 7. The molecule has 1 aromatic heterocycles. The largest absolute Gasteiger partial charge is 0.383 e. The summed E-state index contributed by atoms with van der Waals surface area (Å²) >= 11 is 2.60. The molecule has 22 heavy (non-hydrogen) atoms. The first-order valence-corrected chi connectivity index (χ1v) is 8.41. The molecule has 0 saturated heterocycles. The fraction of sp³-hybridized carbons (Fsp3) is 0.667. The van der Waals surface area contributed by atoms with Crippen LogP contribution in [0.5, 0.6) is 0 Å². The van der Waals surface area contributed by atoms with Crippen LogP contribution in [0.4, 0.5) is 9.93 Å². The molecule has 8 nitrogen and oxygen atoms in total. The maximum atomic E-state index is 11.6. The highest BCUT2D eigenvalue weighted by atomic mass is 32.2. The van der Waals surface area contributed by atoms with Crippen LogP contribution in [0.2, 0.25) is 0 Å². The number of carbonyl (C=O) groups excluding carboxylic acids is 2. The summed E-state index contributed by atoms with van der Waals surface area (Å²) in [6, 6.07) is -0.532. The minimum absolute atomic E-state index is 0.0981. The lowest BCUT2D eigenvalue weighted by Gasteiger charge is -2.18. The van der Waals surface area contributed by atoms with Gasteiger partial charge < -0.3 is 15.4 Å². The van der Waals surface area contributed by atoms with Crippen molar-refractivity contribution in [3.05, 3.63) is 0 Å². The first kappa shape index (κ1) is 18.7. The number of amides is 3. The van der Waals surface area contributed by atoms with Crippen LogP contribution in [-0.4, -0.2) is 53.7 Å². The molecule has 0 aliphatic heterocycles. The molecule has 0 radical (unpaired) electrons. The average molecular weight is 347 g/mol. The zero-order valence-electron chi connectivity index (χ0n) is 13.1. The van der Waals surface area contributed by atoms with Crippen molar-refractivity contribution in [2.24, 2.45) is 0 Å². The van der Waals surface area contributed by atoms with Crippen molar-refractivity contribution in [3.8, 4) is 0 Å². The minimum Gasteiger partial charge on any atom is -0.383 e. The third kappa shape index (κ3) is 8.15. The second-order valence-electron chi connectivity index (χ2n) is 5.33. The highest BCUT2D eigenvalue weighted by Gasteiger charge is 2.14. The molecular formula is C12H21N5O3S2. The number of nitrogens with one attached hydrogen (secondary N) is 3. The van der Waals surface area contributed by atoms with Crippen LogP contribution in [0, 0.1) is 0 Å². The van der Waals surface area contributed by atoms with Gasteiger partial charge in [0.2, 0.25) is 11.0 Å². The molecule has 0 aliphatic rings. The normalized spacial score (nSPS) is 11.1. The van der Waals surface area contributed by atoms with Gasteiger partial charge in [0.15, 0.2) is 4.34 Å². The van der Waals surface area contributed by atoms with E-state index in [4.69, 9.17) is 4.74 Å². The Kier molecular flexibility index (Phi) is 7.56. The lowest BCUT2D eigenvalue weighted by Crippen LogP contribution is -2.41. The number of carbonyl (C=O) groups is 2. The van der Waals surface area contributed by atoms with Gasteiger partial charge in [0.05, 0.1) is 12.4 Å². The number of thioether (sulfide) groups is 1. The van der Waals surface area contributed by atoms with Crippen LogP contribution in [-0.2, 0) is 9.53 Å². The number of imide groups is 1. The van der Waals surface area contributed by atoms with Crippen LogP contribution in [0.25, 0.3) is 0 Å². The van der Waals surface area contributed by atoms with Crippen molar-refractivity contribution in [2.75, 3.05) is 31.3 Å². The van der Waals surface area contributed by atoms with E-state index in [-0.39, 0.29) is 17.2 Å². The Bertz CT molecular complexity index is 501. The SMILES string of the molecule is COCCNC(=O)NC(=O)CSc1nnc(NC(C)(C)C)s1. The first-order valence-electron chi connectivity index (χ1n) is 6.61. The van der Waals surface area contributed by atoms with E-state index in [1.807, 2.05) is 20.8 Å². The van der Waals surface area contributed by atoms with Gasteiger partial charge in [-0.3, -0.25) is 10.1 Å². The third-order valence-corrected chi connectivity index (χ3v) is 4.03. The van der Waals surface area contributed by atoms with Gasteiger partial charge in [0.25, 0.3) is 0 Å². The fourth-order valence-electron chi connectivity index (χ4n) is 1.24. The van der Waals surface area contributed by atoms with E-state index in [0.717, 1.165) is 0 Å². The number of hydrogen-bond donors (Lipinski definition) is 3. The second-order valence-corrected chi connectivity index (χ2v) is 7.53. The Morgan fingerprint density at radius 2 is 2.05 bits per heavy atom. The van der Waals surface area contributed by atoms with Crippen LogP contribution in [0.15, 0.2) is 4.34 Å². The minimum atomic E-state index is -0.532. The summed E-state index contributed by atoms with van der Waals surface area (Å²) < 4.78 is 5.46. The number of anilines is 1. The van der Waals surface area contributed by atoms with Crippen LogP contribution < -0.4 is 16.0 Å². The van der Waals surface area contributed by atoms with E-state index in [9.17, 15) is 9.59 Å². The topological polar surface area (TPSA) is 105 Å². The van der Waals surface area contributed by atoms with E-state index >= 15 is 0 Å². The molecule has 1 aromatic rings. The molecule has 0 saturated carbocycles. The Labute approximate surface area is 137 Å². The van der Waals surface area contributed by atoms with Crippen molar-refractivity contribution in [1.29, 1.82) is 0 Å². The number of nitrogens with zero attached hydrogens (tertiary/aromatic N) is 2. The van der Waals surface area contributed by atoms with Crippen LogP contribution >= 0.6 is 23.1 Å². The first-order chi connectivity index (χ1) is 10.3. The number of aromatic nitrogens is 2. The Balaban J connectivity index is 2.31. The van der Waals surface area contributed by atoms with E-state index in [1.165, 1.54) is 30.2 Å². The quantitative estimate of drug-likeness (QED) is 0.504. The van der Waals surface area contributed by atoms with Gasteiger partial charge >= 0.3 is 6.03 Å². The zero-order chi connectivity index (χ0) is 16.6. The van der Waals surface area contributed by atoms with Crippen molar-refractivity contribution in [1.82, 2.24) is 20.8 Å². The number of ether oxygens (including phenoxy) is 1. The van der Waals surface area contributed by atoms with E-state index in [2.05, 4.69) is 26.1 Å². The second kappa shape index (κ2) is 8.91.